The minimum absolute atomic E-state index is 0.0129. The summed E-state index contributed by atoms with van der Waals surface area (Å²) < 4.78 is 5.77. The number of carbonyl (C=O) groups is 1. The van der Waals surface area contributed by atoms with Crippen LogP contribution in [0.15, 0.2) is 52.3 Å². The van der Waals surface area contributed by atoms with Crippen LogP contribution < -0.4 is 5.32 Å². The number of carbonyl (C=O) groups excluding carboxylic acids is 1. The van der Waals surface area contributed by atoms with Crippen LogP contribution >= 0.6 is 11.3 Å². The lowest BCUT2D eigenvalue weighted by atomic mass is 10.1. The van der Waals surface area contributed by atoms with Gasteiger partial charge in [0.15, 0.2) is 0 Å². The van der Waals surface area contributed by atoms with Gasteiger partial charge < -0.3 is 9.73 Å². The van der Waals surface area contributed by atoms with Gasteiger partial charge in [-0.3, -0.25) is 9.69 Å². The van der Waals surface area contributed by atoms with E-state index in [1.165, 1.54) is 4.88 Å². The van der Waals surface area contributed by atoms with Gasteiger partial charge in [-0.15, -0.1) is 11.3 Å². The first-order valence-electron chi connectivity index (χ1n) is 9.73. The Morgan fingerprint density at radius 3 is 2.93 bits per heavy atom. The molecule has 1 atom stereocenters. The number of nitrogens with one attached hydrogen (secondary N) is 1. The van der Waals surface area contributed by atoms with Crippen molar-refractivity contribution in [1.29, 1.82) is 0 Å². The molecule has 3 aromatic rings. The lowest BCUT2D eigenvalue weighted by Crippen LogP contribution is -2.47. The van der Waals surface area contributed by atoms with E-state index in [4.69, 9.17) is 4.42 Å². The number of aromatic nitrogens is 1. The van der Waals surface area contributed by atoms with Crippen molar-refractivity contribution in [2.45, 2.75) is 38.8 Å². The third kappa shape index (κ3) is 4.69. The molecule has 1 fully saturated rings. The molecule has 0 bridgehead atoms. The third-order valence-corrected chi connectivity index (χ3v) is 5.93. The predicted octanol–water partition coefficient (Wildman–Crippen LogP) is 4.03. The Hall–Kier alpha value is -2.44. The maximum atomic E-state index is 12.6. The number of thiophene rings is 1. The summed E-state index contributed by atoms with van der Waals surface area (Å²) in [7, 11) is 0. The first-order chi connectivity index (χ1) is 13.7. The molecule has 3 heterocycles. The van der Waals surface area contributed by atoms with Gasteiger partial charge >= 0.3 is 0 Å². The van der Waals surface area contributed by atoms with E-state index in [1.807, 2.05) is 37.3 Å². The Balaban J connectivity index is 1.33. The first kappa shape index (κ1) is 18.9. The number of rotatable bonds is 6. The van der Waals surface area contributed by atoms with Crippen LogP contribution in [0.2, 0.25) is 0 Å². The molecule has 28 heavy (non-hydrogen) atoms. The van der Waals surface area contributed by atoms with Gasteiger partial charge in [0.2, 0.25) is 11.8 Å². The summed E-state index contributed by atoms with van der Waals surface area (Å²) in [5.74, 6) is 1.29. The number of hydrogen-bond donors (Lipinski definition) is 1. The van der Waals surface area contributed by atoms with E-state index in [1.54, 1.807) is 11.3 Å². The molecule has 1 aromatic carbocycles. The molecule has 0 aliphatic carbocycles. The van der Waals surface area contributed by atoms with Crippen molar-refractivity contribution in [3.05, 3.63) is 64.2 Å². The molecule has 1 aliphatic rings. The van der Waals surface area contributed by atoms with Crippen molar-refractivity contribution in [2.24, 2.45) is 0 Å². The van der Waals surface area contributed by atoms with Crippen molar-refractivity contribution in [1.82, 2.24) is 15.2 Å². The van der Waals surface area contributed by atoms with Crippen LogP contribution in [0.1, 0.15) is 29.2 Å². The minimum Gasteiger partial charge on any atom is -0.441 e. The summed E-state index contributed by atoms with van der Waals surface area (Å²) in [4.78, 5) is 20.9. The van der Waals surface area contributed by atoms with Crippen molar-refractivity contribution in [2.75, 3.05) is 13.1 Å². The van der Waals surface area contributed by atoms with Crippen molar-refractivity contribution in [3.63, 3.8) is 0 Å². The average molecular weight is 396 g/mol. The van der Waals surface area contributed by atoms with Gasteiger partial charge in [-0.1, -0.05) is 24.3 Å². The summed E-state index contributed by atoms with van der Waals surface area (Å²) in [6, 6.07) is 14.2. The number of nitrogens with zero attached hydrogens (tertiary/aromatic N) is 2. The van der Waals surface area contributed by atoms with E-state index in [-0.39, 0.29) is 18.4 Å². The molecule has 1 N–H and O–H groups in total. The molecule has 0 saturated carbocycles. The second-order valence-electron chi connectivity index (χ2n) is 7.29. The third-order valence-electron chi connectivity index (χ3n) is 5.07. The summed E-state index contributed by atoms with van der Waals surface area (Å²) in [5, 5.41) is 5.31. The molecule has 0 spiro atoms. The highest BCUT2D eigenvalue weighted by atomic mass is 32.1. The van der Waals surface area contributed by atoms with E-state index < -0.39 is 0 Å². The predicted molar refractivity (Wildman–Crippen MR) is 111 cm³/mol. The van der Waals surface area contributed by atoms with Crippen LogP contribution in [-0.2, 0) is 17.8 Å². The molecular weight excluding hydrogens is 370 g/mol. The Morgan fingerprint density at radius 1 is 1.29 bits per heavy atom. The Kier molecular flexibility index (Phi) is 5.88. The van der Waals surface area contributed by atoms with Crippen molar-refractivity contribution in [3.8, 4) is 11.5 Å². The quantitative estimate of drug-likeness (QED) is 0.684. The molecule has 1 unspecified atom stereocenters. The van der Waals surface area contributed by atoms with Crippen molar-refractivity contribution < 1.29 is 9.21 Å². The standard InChI is InChI=1S/C22H25N3O2S/c1-16-20(24-22(27-16)17-7-3-2-4-8-17)13-21(26)23-18-9-5-11-25(14-18)15-19-10-6-12-28-19/h2-4,6-8,10,12,18H,5,9,11,13-15H2,1H3,(H,23,26). The van der Waals surface area contributed by atoms with Gasteiger partial charge in [-0.2, -0.15) is 0 Å². The molecule has 2 aromatic heterocycles. The van der Waals surface area contributed by atoms with Crippen LogP contribution in [0, 0.1) is 6.92 Å². The zero-order valence-corrected chi connectivity index (χ0v) is 16.9. The smallest absolute Gasteiger partial charge is 0.226 e. The molecule has 146 valence electrons. The maximum Gasteiger partial charge on any atom is 0.226 e. The lowest BCUT2D eigenvalue weighted by molar-refractivity contribution is -0.121. The maximum absolute atomic E-state index is 12.6. The summed E-state index contributed by atoms with van der Waals surface area (Å²) in [6.45, 7) is 4.82. The van der Waals surface area contributed by atoms with Gasteiger partial charge in [-0.25, -0.2) is 4.98 Å². The van der Waals surface area contributed by atoms with E-state index in [2.05, 4.69) is 32.7 Å². The average Bonchev–Trinajstić information content (AvgIpc) is 3.33. The number of aryl methyl sites for hydroxylation is 1. The first-order valence-corrected chi connectivity index (χ1v) is 10.6. The lowest BCUT2D eigenvalue weighted by Gasteiger charge is -2.32. The molecule has 0 radical (unpaired) electrons. The van der Waals surface area contributed by atoms with Crippen LogP contribution in [0.25, 0.3) is 11.5 Å². The zero-order chi connectivity index (χ0) is 19.3. The molecule has 1 aliphatic heterocycles. The van der Waals surface area contributed by atoms with Gasteiger partial charge in [0.25, 0.3) is 0 Å². The van der Waals surface area contributed by atoms with Crippen molar-refractivity contribution >= 4 is 17.2 Å². The molecule has 5 nitrogen and oxygen atoms in total. The topological polar surface area (TPSA) is 58.4 Å². The number of likely N-dealkylation sites (tertiary alicyclic amines) is 1. The van der Waals surface area contributed by atoms with Crippen LogP contribution in [-0.4, -0.2) is 34.9 Å². The highest BCUT2D eigenvalue weighted by molar-refractivity contribution is 7.09. The molecule has 4 rings (SSSR count). The normalized spacial score (nSPS) is 17.5. The molecule has 1 amide bonds. The van der Waals surface area contributed by atoms with Gasteiger partial charge in [0.1, 0.15) is 5.76 Å². The monoisotopic (exact) mass is 395 g/mol. The largest absolute Gasteiger partial charge is 0.441 e. The van der Waals surface area contributed by atoms with Crippen LogP contribution in [0.3, 0.4) is 0 Å². The van der Waals surface area contributed by atoms with Gasteiger partial charge in [-0.05, 0) is 49.9 Å². The SMILES string of the molecule is Cc1oc(-c2ccccc2)nc1CC(=O)NC1CCCN(Cc2cccs2)C1. The highest BCUT2D eigenvalue weighted by Crippen LogP contribution is 2.22. The second kappa shape index (κ2) is 8.71. The molecule has 6 heteroatoms. The Morgan fingerprint density at radius 2 is 2.14 bits per heavy atom. The number of benzene rings is 1. The van der Waals surface area contributed by atoms with E-state index in [9.17, 15) is 4.79 Å². The highest BCUT2D eigenvalue weighted by Gasteiger charge is 2.23. The van der Waals surface area contributed by atoms with Crippen LogP contribution in [0.4, 0.5) is 0 Å². The summed E-state index contributed by atoms with van der Waals surface area (Å²) >= 11 is 1.79. The molecular formula is C22H25N3O2S. The van der Waals surface area contributed by atoms with Crippen LogP contribution in [0.5, 0.6) is 0 Å². The van der Waals surface area contributed by atoms with E-state index in [0.29, 0.717) is 17.3 Å². The summed E-state index contributed by atoms with van der Waals surface area (Å²) in [6.07, 6.45) is 2.39. The summed E-state index contributed by atoms with van der Waals surface area (Å²) in [5.41, 5.74) is 1.64. The fourth-order valence-electron chi connectivity index (χ4n) is 3.67. The van der Waals surface area contributed by atoms with E-state index >= 15 is 0 Å². The Labute approximate surface area is 169 Å². The number of piperidine rings is 1. The fraction of sp³-hybridized carbons (Fsp3) is 0.364. The molecule has 1 saturated heterocycles. The Bertz CT molecular complexity index is 905. The number of hydrogen-bond acceptors (Lipinski definition) is 5. The van der Waals surface area contributed by atoms with E-state index in [0.717, 1.165) is 38.0 Å². The zero-order valence-electron chi connectivity index (χ0n) is 16.1. The van der Waals surface area contributed by atoms with Gasteiger partial charge in [0.05, 0.1) is 12.1 Å². The van der Waals surface area contributed by atoms with Gasteiger partial charge in [0, 0.05) is 29.6 Å². The number of oxazole rings is 1. The second-order valence-corrected chi connectivity index (χ2v) is 8.32. The fourth-order valence-corrected chi connectivity index (χ4v) is 4.41. The number of amides is 1. The minimum atomic E-state index is 0.0129.